The van der Waals surface area contributed by atoms with Crippen molar-refractivity contribution in [1.82, 2.24) is 4.98 Å². The minimum absolute atomic E-state index is 0.133. The largest absolute Gasteiger partial charge is 0.384 e. The summed E-state index contributed by atoms with van der Waals surface area (Å²) in [7, 11) is 0. The molecule has 0 unspecified atom stereocenters. The summed E-state index contributed by atoms with van der Waals surface area (Å²) in [6, 6.07) is 1.63. The lowest BCUT2D eigenvalue weighted by atomic mass is 10.1. The van der Waals surface area contributed by atoms with Gasteiger partial charge in [0, 0.05) is 5.69 Å². The van der Waals surface area contributed by atoms with Crippen molar-refractivity contribution in [3.8, 4) is 0 Å². The second-order valence-electron chi connectivity index (χ2n) is 2.96. The predicted octanol–water partition coefficient (Wildman–Crippen LogP) is 1.01. The maximum atomic E-state index is 11.1. The number of carbonyl (C=O) groups is 2. The average Bonchev–Trinajstić information content (AvgIpc) is 2.31. The number of fused-ring (bicyclic) bond motifs is 1. The summed E-state index contributed by atoms with van der Waals surface area (Å²) in [6.07, 6.45) is 0. The fourth-order valence-corrected chi connectivity index (χ4v) is 1.20. The first-order valence-corrected chi connectivity index (χ1v) is 3.84. The van der Waals surface area contributed by atoms with Crippen LogP contribution in [0.4, 0.5) is 0 Å². The van der Waals surface area contributed by atoms with E-state index in [1.165, 1.54) is 0 Å². The van der Waals surface area contributed by atoms with E-state index in [0.717, 1.165) is 11.3 Å². The van der Waals surface area contributed by atoms with Gasteiger partial charge in [0.2, 0.25) is 0 Å². The number of aromatic nitrogens is 1. The third kappa shape index (κ3) is 1.02. The minimum Gasteiger partial charge on any atom is -0.384 e. The van der Waals surface area contributed by atoms with Crippen molar-refractivity contribution in [2.75, 3.05) is 0 Å². The minimum atomic E-state index is -0.650. The second-order valence-corrected chi connectivity index (χ2v) is 2.96. The first-order chi connectivity index (χ1) is 6.09. The third-order valence-corrected chi connectivity index (χ3v) is 2.06. The molecule has 0 aliphatic carbocycles. The van der Waals surface area contributed by atoms with Gasteiger partial charge in [-0.05, 0) is 25.5 Å². The monoisotopic (exact) mass is 177 g/mol. The second kappa shape index (κ2) is 2.39. The predicted molar refractivity (Wildman–Crippen MR) is 43.5 cm³/mol. The van der Waals surface area contributed by atoms with E-state index in [0.29, 0.717) is 0 Å². The highest BCUT2D eigenvalue weighted by Crippen LogP contribution is 2.20. The van der Waals surface area contributed by atoms with Crippen LogP contribution in [0.25, 0.3) is 0 Å². The molecule has 0 N–H and O–H groups in total. The van der Waals surface area contributed by atoms with Gasteiger partial charge in [0.25, 0.3) is 0 Å². The van der Waals surface area contributed by atoms with Crippen molar-refractivity contribution in [2.24, 2.45) is 0 Å². The Balaban J connectivity index is 2.72. The number of hydrogen-bond acceptors (Lipinski definition) is 4. The molecule has 1 aromatic rings. The van der Waals surface area contributed by atoms with Crippen molar-refractivity contribution < 1.29 is 14.3 Å². The molecule has 2 heterocycles. The normalized spacial score (nSPS) is 14.3. The summed E-state index contributed by atoms with van der Waals surface area (Å²) in [5, 5.41) is 0. The molecular weight excluding hydrogens is 170 g/mol. The van der Waals surface area contributed by atoms with Crippen LogP contribution in [-0.2, 0) is 4.74 Å². The Morgan fingerprint density at radius 1 is 1.23 bits per heavy atom. The molecule has 1 aliphatic heterocycles. The van der Waals surface area contributed by atoms with E-state index < -0.39 is 11.9 Å². The van der Waals surface area contributed by atoms with Crippen LogP contribution < -0.4 is 0 Å². The van der Waals surface area contributed by atoms with Crippen molar-refractivity contribution in [2.45, 2.75) is 13.8 Å². The van der Waals surface area contributed by atoms with Gasteiger partial charge in [0.15, 0.2) is 5.69 Å². The van der Waals surface area contributed by atoms with Crippen LogP contribution >= 0.6 is 0 Å². The zero-order valence-corrected chi connectivity index (χ0v) is 7.25. The van der Waals surface area contributed by atoms with Crippen molar-refractivity contribution in [1.29, 1.82) is 0 Å². The van der Waals surface area contributed by atoms with Gasteiger partial charge in [-0.15, -0.1) is 0 Å². The van der Waals surface area contributed by atoms with Gasteiger partial charge in [-0.3, -0.25) is 0 Å². The van der Waals surface area contributed by atoms with Crippen LogP contribution in [0.2, 0.25) is 0 Å². The lowest BCUT2D eigenvalue weighted by molar-refractivity contribution is 0.0441. The number of rotatable bonds is 0. The molecule has 1 aromatic heterocycles. The molecule has 0 radical (unpaired) electrons. The molecule has 2 rings (SSSR count). The third-order valence-electron chi connectivity index (χ3n) is 2.06. The number of ether oxygens (including phenoxy) is 1. The SMILES string of the molecule is Cc1cc2c(nc1C)C(=O)OC2=O. The molecule has 1 aliphatic rings. The highest BCUT2D eigenvalue weighted by Gasteiger charge is 2.31. The molecule has 0 bridgehead atoms. The first-order valence-electron chi connectivity index (χ1n) is 3.84. The summed E-state index contributed by atoms with van der Waals surface area (Å²) in [5.41, 5.74) is 2.03. The smallest absolute Gasteiger partial charge is 0.365 e. The van der Waals surface area contributed by atoms with E-state index in [4.69, 9.17) is 0 Å². The highest BCUT2D eigenvalue weighted by molar-refractivity contribution is 6.13. The van der Waals surface area contributed by atoms with E-state index in [1.54, 1.807) is 13.0 Å². The van der Waals surface area contributed by atoms with Gasteiger partial charge in [-0.2, -0.15) is 0 Å². The molecule has 0 saturated heterocycles. The number of esters is 2. The van der Waals surface area contributed by atoms with Gasteiger partial charge in [-0.25, -0.2) is 14.6 Å². The van der Waals surface area contributed by atoms with Crippen LogP contribution in [0, 0.1) is 13.8 Å². The summed E-state index contributed by atoms with van der Waals surface area (Å²) >= 11 is 0. The zero-order valence-electron chi connectivity index (χ0n) is 7.25. The standard InChI is InChI=1S/C9H7NO3/c1-4-3-6-7(10-5(4)2)9(12)13-8(6)11/h3H,1-2H3. The molecule has 0 fully saturated rings. The molecule has 0 spiro atoms. The summed E-state index contributed by atoms with van der Waals surface area (Å²) in [6.45, 7) is 3.62. The van der Waals surface area contributed by atoms with Gasteiger partial charge in [0.1, 0.15) is 0 Å². The number of hydrogen-bond donors (Lipinski definition) is 0. The number of pyridine rings is 1. The molecule has 0 saturated carbocycles. The van der Waals surface area contributed by atoms with Crippen LogP contribution in [0.1, 0.15) is 32.1 Å². The maximum absolute atomic E-state index is 11.1. The number of cyclic esters (lactones) is 2. The Kier molecular flexibility index (Phi) is 1.45. The topological polar surface area (TPSA) is 56.3 Å². The number of aryl methyl sites for hydroxylation is 2. The Labute approximate surface area is 74.5 Å². The Hall–Kier alpha value is -1.71. The van der Waals surface area contributed by atoms with Crippen LogP contribution in [-0.4, -0.2) is 16.9 Å². The van der Waals surface area contributed by atoms with Gasteiger partial charge >= 0.3 is 11.9 Å². The fourth-order valence-electron chi connectivity index (χ4n) is 1.20. The number of carbonyl (C=O) groups excluding carboxylic acids is 2. The molecule has 0 amide bonds. The zero-order chi connectivity index (χ0) is 9.59. The molecule has 66 valence electrons. The number of nitrogens with zero attached hydrogens (tertiary/aromatic N) is 1. The molecular formula is C9H7NO3. The Morgan fingerprint density at radius 2 is 1.92 bits per heavy atom. The van der Waals surface area contributed by atoms with E-state index in [1.807, 2.05) is 6.92 Å². The van der Waals surface area contributed by atoms with E-state index in [9.17, 15) is 9.59 Å². The van der Waals surface area contributed by atoms with E-state index in [-0.39, 0.29) is 11.3 Å². The molecule has 0 aromatic carbocycles. The summed E-state index contributed by atoms with van der Waals surface area (Å²) in [4.78, 5) is 26.1. The summed E-state index contributed by atoms with van der Waals surface area (Å²) < 4.78 is 4.40. The lowest BCUT2D eigenvalue weighted by Gasteiger charge is -1.98. The van der Waals surface area contributed by atoms with E-state index in [2.05, 4.69) is 9.72 Å². The van der Waals surface area contributed by atoms with Gasteiger partial charge < -0.3 is 4.74 Å². The highest BCUT2D eigenvalue weighted by atomic mass is 16.6. The quantitative estimate of drug-likeness (QED) is 0.438. The average molecular weight is 177 g/mol. The molecule has 4 heteroatoms. The van der Waals surface area contributed by atoms with Crippen LogP contribution in [0.3, 0.4) is 0 Å². The summed E-state index contributed by atoms with van der Waals surface area (Å²) in [5.74, 6) is -1.25. The Bertz CT molecular complexity index is 384. The van der Waals surface area contributed by atoms with Gasteiger partial charge in [0.05, 0.1) is 5.56 Å². The molecule has 4 nitrogen and oxygen atoms in total. The van der Waals surface area contributed by atoms with Crippen LogP contribution in [0.5, 0.6) is 0 Å². The fraction of sp³-hybridized carbons (Fsp3) is 0.222. The molecule has 13 heavy (non-hydrogen) atoms. The molecule has 0 atom stereocenters. The first kappa shape index (κ1) is 7.91. The Morgan fingerprint density at radius 3 is 2.62 bits per heavy atom. The van der Waals surface area contributed by atoms with Crippen LogP contribution in [0.15, 0.2) is 6.07 Å². The lowest BCUT2D eigenvalue weighted by Crippen LogP contribution is -2.00. The van der Waals surface area contributed by atoms with Crippen molar-refractivity contribution >= 4 is 11.9 Å². The van der Waals surface area contributed by atoms with Crippen molar-refractivity contribution in [3.63, 3.8) is 0 Å². The van der Waals surface area contributed by atoms with Crippen molar-refractivity contribution in [3.05, 3.63) is 28.6 Å². The maximum Gasteiger partial charge on any atom is 0.365 e. The van der Waals surface area contributed by atoms with Gasteiger partial charge in [-0.1, -0.05) is 0 Å². The van der Waals surface area contributed by atoms with E-state index >= 15 is 0 Å².